The molecule has 0 bridgehead atoms. The average molecular weight is 388 g/mol. The number of benzene rings is 1. The monoisotopic (exact) mass is 387 g/mol. The zero-order valence-corrected chi connectivity index (χ0v) is 16.5. The Balaban J connectivity index is 1.97. The van der Waals surface area contributed by atoms with Gasteiger partial charge in [0.05, 0.1) is 5.69 Å². The first-order chi connectivity index (χ1) is 13.1. The lowest BCUT2D eigenvalue weighted by molar-refractivity contribution is -0.130. The van der Waals surface area contributed by atoms with Gasteiger partial charge < -0.3 is 15.0 Å². The fraction of sp³-hybridized carbons (Fsp3) is 0.350. The Labute approximate surface area is 163 Å². The van der Waals surface area contributed by atoms with E-state index >= 15 is 0 Å². The van der Waals surface area contributed by atoms with E-state index in [2.05, 4.69) is 10.3 Å². The molecule has 1 aromatic carbocycles. The maximum Gasteiger partial charge on any atom is 0.247 e. The highest BCUT2D eigenvalue weighted by Crippen LogP contribution is 2.14. The number of thiazole rings is 1. The van der Waals surface area contributed by atoms with E-state index in [1.54, 1.807) is 6.08 Å². The number of nitrogens with zero attached hydrogens (tertiary/aromatic N) is 2. The Morgan fingerprint density at radius 3 is 2.74 bits per heavy atom. The summed E-state index contributed by atoms with van der Waals surface area (Å²) in [5.41, 5.74) is 1.79. The van der Waals surface area contributed by atoms with Crippen molar-refractivity contribution >= 4 is 34.4 Å². The van der Waals surface area contributed by atoms with Crippen LogP contribution < -0.4 is 5.32 Å². The van der Waals surface area contributed by atoms with E-state index in [1.807, 2.05) is 49.6 Å². The number of anilines is 1. The van der Waals surface area contributed by atoms with Crippen molar-refractivity contribution in [1.82, 2.24) is 9.88 Å². The van der Waals surface area contributed by atoms with Gasteiger partial charge in [0.15, 0.2) is 5.13 Å². The van der Waals surface area contributed by atoms with Crippen molar-refractivity contribution in [3.63, 3.8) is 0 Å². The second-order valence-corrected chi connectivity index (χ2v) is 6.75. The predicted octanol–water partition coefficient (Wildman–Crippen LogP) is 3.36. The van der Waals surface area contributed by atoms with Gasteiger partial charge in [-0.3, -0.25) is 9.59 Å². The van der Waals surface area contributed by atoms with E-state index in [0.717, 1.165) is 11.3 Å². The molecule has 0 aliphatic rings. The summed E-state index contributed by atoms with van der Waals surface area (Å²) in [5, 5.41) is 5.15. The van der Waals surface area contributed by atoms with E-state index in [1.165, 1.54) is 22.3 Å². The summed E-state index contributed by atoms with van der Waals surface area (Å²) in [6.45, 7) is 5.39. The highest BCUT2D eigenvalue weighted by molar-refractivity contribution is 7.13. The predicted molar refractivity (Wildman–Crippen MR) is 109 cm³/mol. The van der Waals surface area contributed by atoms with Gasteiger partial charge in [-0.15, -0.1) is 11.3 Å². The smallest absolute Gasteiger partial charge is 0.247 e. The minimum Gasteiger partial charge on any atom is -0.382 e. The summed E-state index contributed by atoms with van der Waals surface area (Å²) in [7, 11) is 0. The van der Waals surface area contributed by atoms with Gasteiger partial charge in [-0.25, -0.2) is 4.98 Å². The number of aromatic nitrogens is 1. The van der Waals surface area contributed by atoms with Crippen molar-refractivity contribution < 1.29 is 14.3 Å². The summed E-state index contributed by atoms with van der Waals surface area (Å²) in [6, 6.07) is 9.58. The third-order valence-corrected chi connectivity index (χ3v) is 4.53. The van der Waals surface area contributed by atoms with Crippen molar-refractivity contribution in [3.8, 4) is 0 Å². The fourth-order valence-electron chi connectivity index (χ4n) is 2.35. The largest absolute Gasteiger partial charge is 0.382 e. The number of amides is 2. The topological polar surface area (TPSA) is 71.5 Å². The lowest BCUT2D eigenvalue weighted by Crippen LogP contribution is -2.38. The molecule has 0 spiro atoms. The molecule has 144 valence electrons. The van der Waals surface area contributed by atoms with Gasteiger partial charge in [-0.1, -0.05) is 30.3 Å². The van der Waals surface area contributed by atoms with Crippen molar-refractivity contribution in [2.24, 2.45) is 0 Å². The van der Waals surface area contributed by atoms with Crippen LogP contribution in [0.15, 0.2) is 41.8 Å². The molecule has 7 heteroatoms. The molecule has 1 N–H and O–H groups in total. The minimum atomic E-state index is -0.262. The molecule has 0 saturated heterocycles. The molecule has 0 aliphatic heterocycles. The van der Waals surface area contributed by atoms with Crippen molar-refractivity contribution in [1.29, 1.82) is 0 Å². The van der Waals surface area contributed by atoms with Gasteiger partial charge in [0.25, 0.3) is 0 Å². The van der Waals surface area contributed by atoms with Crippen LogP contribution in [0.3, 0.4) is 0 Å². The van der Waals surface area contributed by atoms with Crippen LogP contribution in [-0.4, -0.2) is 48.0 Å². The lowest BCUT2D eigenvalue weighted by Gasteiger charge is -2.20. The quantitative estimate of drug-likeness (QED) is 0.501. The SMILES string of the molecule is CCOCCCN(CC(=O)Nc1nc(C)cs1)C(=O)/C=C/c1ccccc1. The summed E-state index contributed by atoms with van der Waals surface area (Å²) in [4.78, 5) is 30.6. The van der Waals surface area contributed by atoms with Crippen LogP contribution in [-0.2, 0) is 14.3 Å². The molecule has 0 unspecified atom stereocenters. The van der Waals surface area contributed by atoms with E-state index < -0.39 is 0 Å². The number of carbonyl (C=O) groups is 2. The van der Waals surface area contributed by atoms with Crippen molar-refractivity contribution in [2.75, 3.05) is 31.6 Å². The standard InChI is InChI=1S/C20H25N3O3S/c1-3-26-13-7-12-23(14-18(24)22-20-21-16(2)15-27-20)19(25)11-10-17-8-5-4-6-9-17/h4-6,8-11,15H,3,7,12-14H2,1-2H3,(H,21,22,24)/b11-10+. The minimum absolute atomic E-state index is 0.0251. The van der Waals surface area contributed by atoms with Crippen LogP contribution in [0.5, 0.6) is 0 Å². The summed E-state index contributed by atoms with van der Waals surface area (Å²) in [5.74, 6) is -0.469. The Bertz CT molecular complexity index is 759. The first-order valence-electron chi connectivity index (χ1n) is 8.90. The highest BCUT2D eigenvalue weighted by atomic mass is 32.1. The van der Waals surface area contributed by atoms with Gasteiger partial charge >= 0.3 is 0 Å². The van der Waals surface area contributed by atoms with Crippen molar-refractivity contribution in [3.05, 3.63) is 53.0 Å². The van der Waals surface area contributed by atoms with Crippen LogP contribution in [0.25, 0.3) is 6.08 Å². The van der Waals surface area contributed by atoms with Crippen LogP contribution >= 0.6 is 11.3 Å². The van der Waals surface area contributed by atoms with Crippen LogP contribution in [0.1, 0.15) is 24.6 Å². The average Bonchev–Trinajstić information content (AvgIpc) is 3.07. The number of ether oxygens (including phenoxy) is 1. The zero-order valence-electron chi connectivity index (χ0n) is 15.7. The third kappa shape index (κ3) is 7.72. The second-order valence-electron chi connectivity index (χ2n) is 5.90. The molecule has 0 aliphatic carbocycles. The molecule has 2 aromatic rings. The molecular weight excluding hydrogens is 362 g/mol. The Hall–Kier alpha value is -2.51. The maximum atomic E-state index is 12.6. The Morgan fingerprint density at radius 1 is 1.30 bits per heavy atom. The molecule has 2 amide bonds. The van der Waals surface area contributed by atoms with E-state index in [4.69, 9.17) is 4.74 Å². The normalized spacial score (nSPS) is 10.9. The summed E-state index contributed by atoms with van der Waals surface area (Å²) >= 11 is 1.36. The second kappa shape index (κ2) is 11.3. The number of hydrogen-bond acceptors (Lipinski definition) is 5. The number of aryl methyl sites for hydroxylation is 1. The molecule has 27 heavy (non-hydrogen) atoms. The zero-order chi connectivity index (χ0) is 19.5. The number of carbonyl (C=O) groups excluding carboxylic acids is 2. The number of nitrogens with one attached hydrogen (secondary N) is 1. The van der Waals surface area contributed by atoms with Gasteiger partial charge in [0.1, 0.15) is 6.54 Å². The first kappa shape index (κ1) is 20.8. The summed E-state index contributed by atoms with van der Waals surface area (Å²) in [6.07, 6.45) is 3.92. The Kier molecular flexibility index (Phi) is 8.67. The number of rotatable bonds is 10. The van der Waals surface area contributed by atoms with Crippen molar-refractivity contribution in [2.45, 2.75) is 20.3 Å². The van der Waals surface area contributed by atoms with Crippen LogP contribution in [0.4, 0.5) is 5.13 Å². The molecule has 0 radical (unpaired) electrons. The molecule has 0 fully saturated rings. The maximum absolute atomic E-state index is 12.6. The Morgan fingerprint density at radius 2 is 2.07 bits per heavy atom. The molecular formula is C20H25N3O3S. The molecule has 1 aromatic heterocycles. The molecule has 0 saturated carbocycles. The summed E-state index contributed by atoms with van der Waals surface area (Å²) < 4.78 is 5.33. The molecule has 0 atom stereocenters. The molecule has 1 heterocycles. The molecule has 2 rings (SSSR count). The van der Waals surface area contributed by atoms with Gasteiger partial charge in [-0.2, -0.15) is 0 Å². The lowest BCUT2D eigenvalue weighted by atomic mass is 10.2. The van der Waals surface area contributed by atoms with Gasteiger partial charge in [0, 0.05) is 31.2 Å². The van der Waals surface area contributed by atoms with Crippen LogP contribution in [0, 0.1) is 6.92 Å². The van der Waals surface area contributed by atoms with E-state index in [9.17, 15) is 9.59 Å². The highest BCUT2D eigenvalue weighted by Gasteiger charge is 2.16. The first-order valence-corrected chi connectivity index (χ1v) is 9.78. The number of hydrogen-bond donors (Lipinski definition) is 1. The van der Waals surface area contributed by atoms with Crippen LogP contribution in [0.2, 0.25) is 0 Å². The van der Waals surface area contributed by atoms with E-state index in [0.29, 0.717) is 31.3 Å². The van der Waals surface area contributed by atoms with Gasteiger partial charge in [-0.05, 0) is 31.9 Å². The van der Waals surface area contributed by atoms with Gasteiger partial charge in [0.2, 0.25) is 11.8 Å². The molecule has 6 nitrogen and oxygen atoms in total. The third-order valence-electron chi connectivity index (χ3n) is 3.65. The fourth-order valence-corrected chi connectivity index (χ4v) is 3.05. The van der Waals surface area contributed by atoms with E-state index in [-0.39, 0.29) is 18.4 Å².